The normalized spacial score (nSPS) is 7.50. The number of rotatable bonds is 0. The minimum atomic E-state index is 0. The summed E-state index contributed by atoms with van der Waals surface area (Å²) < 4.78 is 1.20. The maximum atomic E-state index is 2.90. The van der Waals surface area contributed by atoms with Crippen molar-refractivity contribution in [3.05, 3.63) is 30.3 Å². The van der Waals surface area contributed by atoms with Crippen molar-refractivity contribution >= 4 is 38.1 Å². The van der Waals surface area contributed by atoms with Crippen molar-refractivity contribution in [3.8, 4) is 0 Å². The summed E-state index contributed by atoms with van der Waals surface area (Å²) in [7, 11) is 0. The molecule has 8 heavy (non-hydrogen) atoms. The molecule has 5 radical (unpaired) electrons. The van der Waals surface area contributed by atoms with Crippen LogP contribution in [0.2, 0.25) is 0 Å². The Morgan fingerprint density at radius 2 is 1.50 bits per heavy atom. The van der Waals surface area contributed by atoms with E-state index in [1.165, 1.54) is 4.46 Å². The Kier molecular flexibility index (Phi) is 4.34. The molecule has 0 aliphatic rings. The van der Waals surface area contributed by atoms with Crippen LogP contribution in [-0.4, -0.2) is 33.6 Å². The molecule has 0 aliphatic heterocycles. The molecule has 0 unspecified atom stereocenters. The minimum absolute atomic E-state index is 0. The first-order chi connectivity index (χ1) is 3.39. The van der Waals surface area contributed by atoms with Crippen LogP contribution in [0.4, 0.5) is 0 Å². The van der Waals surface area contributed by atoms with Crippen molar-refractivity contribution in [1.29, 1.82) is 0 Å². The zero-order valence-electron chi connectivity index (χ0n) is 4.29. The van der Waals surface area contributed by atoms with Gasteiger partial charge in [-0.1, -0.05) is 0 Å². The Morgan fingerprint density at radius 3 is 1.75 bits per heavy atom. The molecule has 0 atom stereocenters. The van der Waals surface area contributed by atoms with Gasteiger partial charge in [-0.05, 0) is 0 Å². The summed E-state index contributed by atoms with van der Waals surface area (Å²) in [5.74, 6) is 0. The predicted octanol–water partition coefficient (Wildman–Crippen LogP) is 0.0996. The molecular weight excluding hydrogens is 224 g/mol. The molecule has 1 aromatic rings. The van der Waals surface area contributed by atoms with Gasteiger partial charge in [0.1, 0.15) is 0 Å². The Balaban J connectivity index is 0.000000490. The molecule has 2 heteroatoms. The van der Waals surface area contributed by atoms with Crippen LogP contribution < -0.4 is 4.46 Å². The molecular formula is C6H5GeSe. The van der Waals surface area contributed by atoms with Gasteiger partial charge < -0.3 is 0 Å². The van der Waals surface area contributed by atoms with E-state index in [0.717, 1.165) is 0 Å². The van der Waals surface area contributed by atoms with Crippen LogP contribution >= 0.6 is 0 Å². The SMILES string of the molecule is [Ge].[Se]c1ccccc1. The Morgan fingerprint density at radius 1 is 1.00 bits per heavy atom. The molecule has 0 spiro atoms. The first-order valence-corrected chi connectivity index (χ1v) is 2.97. The van der Waals surface area contributed by atoms with Crippen molar-refractivity contribution in [1.82, 2.24) is 0 Å². The summed E-state index contributed by atoms with van der Waals surface area (Å²) in [6, 6.07) is 10.1. The van der Waals surface area contributed by atoms with E-state index in [9.17, 15) is 0 Å². The van der Waals surface area contributed by atoms with E-state index in [2.05, 4.69) is 16.0 Å². The monoisotopic (exact) mass is 231 g/mol. The van der Waals surface area contributed by atoms with Crippen LogP contribution in [0.3, 0.4) is 0 Å². The molecule has 1 rings (SSSR count). The number of hydrogen-bond acceptors (Lipinski definition) is 0. The average Bonchev–Trinajstić information content (AvgIpc) is 1.69. The van der Waals surface area contributed by atoms with Crippen LogP contribution in [0.5, 0.6) is 0 Å². The second-order valence-corrected chi connectivity index (χ2v) is 2.30. The van der Waals surface area contributed by atoms with Crippen LogP contribution in [0.1, 0.15) is 0 Å². The van der Waals surface area contributed by atoms with Crippen LogP contribution in [0, 0.1) is 0 Å². The van der Waals surface area contributed by atoms with E-state index < -0.39 is 0 Å². The summed E-state index contributed by atoms with van der Waals surface area (Å²) in [5, 5.41) is 0. The average molecular weight is 229 g/mol. The third-order valence-corrected chi connectivity index (χ3v) is 1.31. The van der Waals surface area contributed by atoms with Crippen molar-refractivity contribution in [2.75, 3.05) is 0 Å². The molecule has 0 heterocycles. The molecule has 0 aliphatic carbocycles. The summed E-state index contributed by atoms with van der Waals surface area (Å²) in [6.45, 7) is 0. The van der Waals surface area contributed by atoms with Gasteiger partial charge >= 0.3 is 50.8 Å². The fourth-order valence-corrected chi connectivity index (χ4v) is 0.750. The Bertz CT molecular complexity index is 138. The van der Waals surface area contributed by atoms with E-state index in [1.54, 1.807) is 0 Å². The van der Waals surface area contributed by atoms with Crippen LogP contribution in [0.25, 0.3) is 0 Å². The maximum absolute atomic E-state index is 2.90. The molecule has 0 bridgehead atoms. The zero-order valence-corrected chi connectivity index (χ0v) is 8.11. The van der Waals surface area contributed by atoms with Gasteiger partial charge in [0.15, 0.2) is 0 Å². The van der Waals surface area contributed by atoms with Gasteiger partial charge in [0.25, 0.3) is 0 Å². The topological polar surface area (TPSA) is 0 Å². The molecule has 39 valence electrons. The zero-order chi connectivity index (χ0) is 5.11. The molecule has 0 aromatic heterocycles. The van der Waals surface area contributed by atoms with Gasteiger partial charge in [-0.2, -0.15) is 0 Å². The fraction of sp³-hybridized carbons (Fsp3) is 0. The molecule has 1 aromatic carbocycles. The van der Waals surface area contributed by atoms with Gasteiger partial charge in [0.05, 0.1) is 0 Å². The van der Waals surface area contributed by atoms with Gasteiger partial charge in [-0.25, -0.2) is 0 Å². The summed E-state index contributed by atoms with van der Waals surface area (Å²) in [6.07, 6.45) is 0. The van der Waals surface area contributed by atoms with Crippen molar-refractivity contribution in [2.45, 2.75) is 0 Å². The summed E-state index contributed by atoms with van der Waals surface area (Å²) in [5.41, 5.74) is 0. The third-order valence-electron chi connectivity index (χ3n) is 0.743. The Labute approximate surface area is 68.5 Å². The molecule has 0 saturated heterocycles. The molecule has 0 nitrogen and oxygen atoms in total. The van der Waals surface area contributed by atoms with Gasteiger partial charge in [0, 0.05) is 17.6 Å². The first-order valence-electron chi connectivity index (χ1n) is 2.11. The van der Waals surface area contributed by atoms with Gasteiger partial charge in [-0.15, -0.1) is 0 Å². The predicted molar refractivity (Wildman–Crippen MR) is 37.6 cm³/mol. The van der Waals surface area contributed by atoms with E-state index in [0.29, 0.717) is 0 Å². The standard InChI is InChI=1S/C6H5Se.Ge/c7-6-4-2-1-3-5-6;/h1-5H;. The van der Waals surface area contributed by atoms with E-state index in [4.69, 9.17) is 0 Å². The first kappa shape index (κ1) is 8.28. The van der Waals surface area contributed by atoms with E-state index >= 15 is 0 Å². The Hall–Kier alpha value is 0.282. The molecule has 0 N–H and O–H groups in total. The summed E-state index contributed by atoms with van der Waals surface area (Å²) >= 11 is 2.90. The second-order valence-electron chi connectivity index (χ2n) is 1.31. The van der Waals surface area contributed by atoms with Gasteiger partial charge in [-0.3, -0.25) is 0 Å². The second kappa shape index (κ2) is 4.19. The molecule has 0 saturated carbocycles. The number of hydrogen-bond donors (Lipinski definition) is 0. The molecule has 0 fully saturated rings. The van der Waals surface area contributed by atoms with E-state index in [-0.39, 0.29) is 17.6 Å². The fourth-order valence-electron chi connectivity index (χ4n) is 0.420. The summed E-state index contributed by atoms with van der Waals surface area (Å²) in [4.78, 5) is 0. The molecule has 0 amide bonds. The van der Waals surface area contributed by atoms with Crippen molar-refractivity contribution < 1.29 is 0 Å². The third kappa shape index (κ3) is 2.56. The van der Waals surface area contributed by atoms with E-state index in [1.807, 2.05) is 30.3 Å². The van der Waals surface area contributed by atoms with Crippen molar-refractivity contribution in [2.24, 2.45) is 0 Å². The van der Waals surface area contributed by atoms with Gasteiger partial charge in [0.2, 0.25) is 0 Å². The quantitative estimate of drug-likeness (QED) is 0.553. The van der Waals surface area contributed by atoms with Crippen LogP contribution in [0.15, 0.2) is 30.3 Å². The number of benzene rings is 1. The van der Waals surface area contributed by atoms with Crippen LogP contribution in [-0.2, 0) is 0 Å². The van der Waals surface area contributed by atoms with Crippen molar-refractivity contribution in [3.63, 3.8) is 0 Å².